The summed E-state index contributed by atoms with van der Waals surface area (Å²) < 4.78 is 0. The van der Waals surface area contributed by atoms with Crippen LogP contribution in [0.15, 0.2) is 25.2 Å². The Morgan fingerprint density at radius 2 is 1.57 bits per heavy atom. The van der Waals surface area contributed by atoms with Crippen LogP contribution in [0.3, 0.4) is 0 Å². The topological polar surface area (TPSA) is 72.4 Å². The Balaban J connectivity index is 1.98. The molecule has 1 fully saturated rings. The maximum absolute atomic E-state index is 12.5. The minimum Gasteiger partial charge on any atom is -0.378 e. The molecule has 0 aromatic heterocycles. The lowest BCUT2D eigenvalue weighted by Gasteiger charge is -2.21. The number of unbranched alkanes of at least 4 members (excludes halogenated alkanes) is 13. The fraction of sp³-hybridized carbons (Fsp3) is 0.828. The quantitative estimate of drug-likeness (QED) is 0.180. The summed E-state index contributed by atoms with van der Waals surface area (Å²) in [6.45, 7) is 9.17. The van der Waals surface area contributed by atoms with Crippen LogP contribution in [0.1, 0.15) is 110 Å². The minimum absolute atomic E-state index is 0.0956. The first kappa shape index (κ1) is 31.7. The number of amides is 1. The molecule has 0 aromatic carbocycles. The van der Waals surface area contributed by atoms with Crippen LogP contribution in [0.5, 0.6) is 0 Å². The van der Waals surface area contributed by atoms with E-state index in [1.54, 1.807) is 0 Å². The van der Waals surface area contributed by atoms with Gasteiger partial charge < -0.3 is 20.6 Å². The van der Waals surface area contributed by atoms with Crippen molar-refractivity contribution in [3.05, 3.63) is 25.2 Å². The van der Waals surface area contributed by atoms with Gasteiger partial charge in [-0.25, -0.2) is 0 Å². The van der Waals surface area contributed by atoms with Gasteiger partial charge in [0.05, 0.1) is 19.2 Å². The molecule has 204 valence electrons. The summed E-state index contributed by atoms with van der Waals surface area (Å²) in [4.78, 5) is 16.6. The van der Waals surface area contributed by atoms with Gasteiger partial charge in [0.25, 0.3) is 0 Å². The van der Waals surface area contributed by atoms with Crippen molar-refractivity contribution in [2.75, 3.05) is 33.2 Å². The highest BCUT2D eigenvalue weighted by atomic mass is 16.3. The molecule has 0 bridgehead atoms. The Labute approximate surface area is 216 Å². The molecule has 0 saturated carbocycles. The number of nitrogens with one attached hydrogen (secondary N) is 1. The van der Waals surface area contributed by atoms with Gasteiger partial charge in [-0.1, -0.05) is 97.0 Å². The van der Waals surface area contributed by atoms with Crippen molar-refractivity contribution in [1.82, 2.24) is 15.1 Å². The van der Waals surface area contributed by atoms with Crippen LogP contribution in [0.25, 0.3) is 0 Å². The van der Waals surface area contributed by atoms with E-state index in [-0.39, 0.29) is 11.8 Å². The molecule has 1 saturated heterocycles. The van der Waals surface area contributed by atoms with Crippen LogP contribution in [0.4, 0.5) is 0 Å². The number of aliphatic hydroxyl groups is 1. The zero-order chi connectivity index (χ0) is 25.6. The first-order chi connectivity index (χ1) is 17.1. The van der Waals surface area contributed by atoms with Gasteiger partial charge in [-0.15, -0.1) is 0 Å². The molecule has 6 nitrogen and oxygen atoms in total. The zero-order valence-corrected chi connectivity index (χ0v) is 23.1. The summed E-state index contributed by atoms with van der Waals surface area (Å²) in [7, 11) is 1.99. The number of aliphatic hydroxyl groups excluding tert-OH is 1. The van der Waals surface area contributed by atoms with Crippen LogP contribution in [-0.2, 0) is 4.79 Å². The van der Waals surface area contributed by atoms with Crippen molar-refractivity contribution < 1.29 is 15.2 Å². The summed E-state index contributed by atoms with van der Waals surface area (Å²) in [5, 5.41) is 15.5. The summed E-state index contributed by atoms with van der Waals surface area (Å²) in [5.41, 5.74) is 0. The van der Waals surface area contributed by atoms with E-state index in [1.165, 1.54) is 83.5 Å². The molecule has 0 aliphatic carbocycles. The molecule has 1 rings (SSSR count). The van der Waals surface area contributed by atoms with Crippen LogP contribution in [0, 0.1) is 5.92 Å². The van der Waals surface area contributed by atoms with E-state index in [2.05, 4.69) is 18.8 Å². The van der Waals surface area contributed by atoms with Gasteiger partial charge in [0.2, 0.25) is 5.91 Å². The molecule has 1 aliphatic rings. The highest BCUT2D eigenvalue weighted by Gasteiger charge is 2.34. The second-order valence-electron chi connectivity index (χ2n) is 10.2. The molecule has 2 atom stereocenters. The van der Waals surface area contributed by atoms with Crippen LogP contribution in [-0.4, -0.2) is 60.3 Å². The Morgan fingerprint density at radius 3 is 2.11 bits per heavy atom. The fourth-order valence-electron chi connectivity index (χ4n) is 4.87. The first-order valence-electron chi connectivity index (χ1n) is 14.7. The van der Waals surface area contributed by atoms with Crippen LogP contribution < -0.4 is 10.6 Å². The number of rotatable bonds is 23. The summed E-state index contributed by atoms with van der Waals surface area (Å²) in [6.07, 6.45) is 25.6. The van der Waals surface area contributed by atoms with Gasteiger partial charge in [0.1, 0.15) is 12.4 Å². The predicted molar refractivity (Wildman–Crippen MR) is 148 cm³/mol. The summed E-state index contributed by atoms with van der Waals surface area (Å²) in [6, 6.07) is 0. The lowest BCUT2D eigenvalue weighted by Crippen LogP contribution is -2.72. The normalized spacial score (nSPS) is 18.4. The van der Waals surface area contributed by atoms with E-state index >= 15 is 0 Å². The summed E-state index contributed by atoms with van der Waals surface area (Å²) >= 11 is 0. The van der Waals surface area contributed by atoms with E-state index < -0.39 is 6.23 Å². The minimum atomic E-state index is -0.511. The van der Waals surface area contributed by atoms with Crippen molar-refractivity contribution in [3.63, 3.8) is 0 Å². The SMILES string of the molecule is C=CN(/C=C\[NH2+]C)CCCN1CC(C(=O)NCCCCCCCCCCCCCCCC)CC1O. The maximum atomic E-state index is 12.5. The highest BCUT2D eigenvalue weighted by molar-refractivity contribution is 5.79. The number of quaternary nitrogens is 1. The lowest BCUT2D eigenvalue weighted by molar-refractivity contribution is -0.557. The van der Waals surface area contributed by atoms with E-state index in [4.69, 9.17) is 0 Å². The van der Waals surface area contributed by atoms with E-state index in [9.17, 15) is 9.90 Å². The van der Waals surface area contributed by atoms with Crippen molar-refractivity contribution >= 4 is 5.91 Å². The molecule has 1 heterocycles. The van der Waals surface area contributed by atoms with Crippen molar-refractivity contribution in [1.29, 1.82) is 0 Å². The molecule has 35 heavy (non-hydrogen) atoms. The third-order valence-corrected chi connectivity index (χ3v) is 7.14. The third kappa shape index (κ3) is 16.1. The standard InChI is InChI=1S/C29H56N4O2/c1-4-6-7-8-9-10-11-12-13-14-15-16-17-18-20-31-29(35)27-25-28(34)33(26-27)23-19-22-32(5-2)24-21-30-3/h5,21,24,27-28,30,34H,2,4,6-20,22-23,25-26H2,1,3H3,(H,31,35)/p+1/b24-21-. The smallest absolute Gasteiger partial charge is 0.224 e. The molecule has 2 unspecified atom stereocenters. The zero-order valence-electron chi connectivity index (χ0n) is 23.1. The van der Waals surface area contributed by atoms with E-state index in [1.807, 2.05) is 40.8 Å². The Kier molecular flexibility index (Phi) is 19.8. The molecule has 1 amide bonds. The monoisotopic (exact) mass is 493 g/mol. The average Bonchev–Trinajstić information content (AvgIpc) is 3.24. The summed E-state index contributed by atoms with van der Waals surface area (Å²) in [5.74, 6) is 0.0112. The van der Waals surface area contributed by atoms with Crippen molar-refractivity contribution in [2.24, 2.45) is 5.92 Å². The van der Waals surface area contributed by atoms with Gasteiger partial charge in [-0.05, 0) is 25.5 Å². The highest BCUT2D eigenvalue weighted by Crippen LogP contribution is 2.22. The lowest BCUT2D eigenvalue weighted by atomic mass is 10.0. The van der Waals surface area contributed by atoms with Gasteiger partial charge in [-0.3, -0.25) is 9.69 Å². The van der Waals surface area contributed by atoms with Gasteiger partial charge in [0.15, 0.2) is 0 Å². The number of hydrogen-bond donors (Lipinski definition) is 3. The number of carbonyl (C=O) groups excluding carboxylic acids is 1. The second kappa shape index (κ2) is 21.9. The van der Waals surface area contributed by atoms with Gasteiger partial charge in [0, 0.05) is 26.2 Å². The maximum Gasteiger partial charge on any atom is 0.224 e. The molecule has 1 aliphatic heterocycles. The number of likely N-dealkylation sites (tertiary alicyclic amines) is 1. The van der Waals surface area contributed by atoms with E-state index in [0.29, 0.717) is 13.0 Å². The average molecular weight is 494 g/mol. The number of nitrogens with zero attached hydrogens (tertiary/aromatic N) is 2. The molecule has 0 spiro atoms. The third-order valence-electron chi connectivity index (χ3n) is 7.14. The largest absolute Gasteiger partial charge is 0.378 e. The van der Waals surface area contributed by atoms with Crippen LogP contribution in [0.2, 0.25) is 0 Å². The Hall–Kier alpha value is -1.37. The van der Waals surface area contributed by atoms with Gasteiger partial charge >= 0.3 is 0 Å². The molecule has 4 N–H and O–H groups in total. The first-order valence-corrected chi connectivity index (χ1v) is 14.7. The molecular weight excluding hydrogens is 436 g/mol. The Morgan fingerprint density at radius 1 is 1.00 bits per heavy atom. The predicted octanol–water partition coefficient (Wildman–Crippen LogP) is 4.72. The number of hydrogen-bond acceptors (Lipinski definition) is 4. The van der Waals surface area contributed by atoms with Crippen LogP contribution >= 0.6 is 0 Å². The Bertz CT molecular complexity index is 555. The number of carbonyl (C=O) groups is 1. The van der Waals surface area contributed by atoms with E-state index in [0.717, 1.165) is 32.5 Å². The van der Waals surface area contributed by atoms with Crippen molar-refractivity contribution in [2.45, 2.75) is 116 Å². The molecule has 0 radical (unpaired) electrons. The van der Waals surface area contributed by atoms with Crippen molar-refractivity contribution in [3.8, 4) is 0 Å². The second-order valence-corrected chi connectivity index (χ2v) is 10.2. The molecular formula is C29H57N4O2+. The van der Waals surface area contributed by atoms with Gasteiger partial charge in [-0.2, -0.15) is 0 Å². The molecule has 6 heteroatoms. The fourth-order valence-corrected chi connectivity index (χ4v) is 4.87. The molecule has 0 aromatic rings. The number of nitrogens with two attached hydrogens (primary N) is 1.